The lowest BCUT2D eigenvalue weighted by Crippen LogP contribution is -2.55. The maximum atomic E-state index is 13.0. The van der Waals surface area contributed by atoms with Gasteiger partial charge in [0.1, 0.15) is 23.6 Å². The highest BCUT2D eigenvalue weighted by atomic mass is 16.6. The summed E-state index contributed by atoms with van der Waals surface area (Å²) in [6.45, 7) is 16.6. The minimum Gasteiger partial charge on any atom is -0.490 e. The number of aliphatic hydroxyl groups is 1. The summed E-state index contributed by atoms with van der Waals surface area (Å²) in [5.74, 6) is 0.711. The zero-order chi connectivity index (χ0) is 24.8. The first-order valence-corrected chi connectivity index (χ1v) is 11.2. The van der Waals surface area contributed by atoms with Gasteiger partial charge in [0.15, 0.2) is 0 Å². The van der Waals surface area contributed by atoms with Crippen molar-refractivity contribution in [1.29, 1.82) is 0 Å². The molecule has 1 aromatic rings. The highest BCUT2D eigenvalue weighted by Crippen LogP contribution is 2.24. The molecule has 0 saturated carbocycles. The van der Waals surface area contributed by atoms with Crippen LogP contribution in [0.15, 0.2) is 30.9 Å². The maximum absolute atomic E-state index is 13.0. The van der Waals surface area contributed by atoms with E-state index in [1.807, 2.05) is 53.7 Å². The summed E-state index contributed by atoms with van der Waals surface area (Å²) in [7, 11) is 0. The third-order valence-corrected chi connectivity index (χ3v) is 4.69. The summed E-state index contributed by atoms with van der Waals surface area (Å²) in [4.78, 5) is 28.5. The average Bonchev–Trinajstić information content (AvgIpc) is 2.64. The largest absolute Gasteiger partial charge is 0.490 e. The average molecular weight is 463 g/mol. The molecule has 2 amide bonds. The van der Waals surface area contributed by atoms with Gasteiger partial charge in [0, 0.05) is 32.1 Å². The van der Waals surface area contributed by atoms with Crippen LogP contribution in [0.4, 0.5) is 9.59 Å². The fourth-order valence-corrected chi connectivity index (χ4v) is 3.37. The van der Waals surface area contributed by atoms with E-state index >= 15 is 0 Å². The van der Waals surface area contributed by atoms with E-state index in [9.17, 15) is 14.7 Å². The van der Waals surface area contributed by atoms with Crippen molar-refractivity contribution in [3.05, 3.63) is 42.0 Å². The molecule has 0 spiro atoms. The van der Waals surface area contributed by atoms with Gasteiger partial charge in [-0.1, -0.05) is 18.7 Å². The van der Waals surface area contributed by atoms with Crippen LogP contribution in [0.2, 0.25) is 0 Å². The van der Waals surface area contributed by atoms with Crippen molar-refractivity contribution in [3.63, 3.8) is 0 Å². The predicted molar refractivity (Wildman–Crippen MR) is 126 cm³/mol. The molecule has 0 bridgehead atoms. The Balaban J connectivity index is 2.12. The summed E-state index contributed by atoms with van der Waals surface area (Å²) in [6.07, 6.45) is 0.870. The van der Waals surface area contributed by atoms with Crippen molar-refractivity contribution in [2.75, 3.05) is 26.2 Å². The number of ether oxygens (including phenoxy) is 3. The van der Waals surface area contributed by atoms with Crippen molar-refractivity contribution >= 4 is 12.2 Å². The molecule has 33 heavy (non-hydrogen) atoms. The monoisotopic (exact) mass is 462 g/mol. The van der Waals surface area contributed by atoms with Crippen LogP contribution in [-0.4, -0.2) is 64.5 Å². The molecule has 1 aromatic carbocycles. The third kappa shape index (κ3) is 8.96. The van der Waals surface area contributed by atoms with E-state index in [0.29, 0.717) is 37.6 Å². The Hall–Kier alpha value is -2.74. The minimum atomic E-state index is -0.636. The number of hydrogen-bond acceptors (Lipinski definition) is 6. The molecule has 0 unspecified atom stereocenters. The molecule has 1 aliphatic rings. The number of nitrogens with zero attached hydrogens (tertiary/aromatic N) is 2. The van der Waals surface area contributed by atoms with Crippen molar-refractivity contribution in [1.82, 2.24) is 9.80 Å². The SMILES string of the molecule is C=CCOc1cc(CO)cc(CN(CC2CN(C(=O)OC(C)(C)C)C2)C(=O)OC(C)(C)C)c1. The van der Waals surface area contributed by atoms with Gasteiger partial charge in [0.2, 0.25) is 0 Å². The van der Waals surface area contributed by atoms with E-state index in [-0.39, 0.29) is 25.2 Å². The number of likely N-dealkylation sites (tertiary alicyclic amines) is 1. The van der Waals surface area contributed by atoms with Gasteiger partial charge in [0.05, 0.1) is 6.61 Å². The number of carbonyl (C=O) groups excluding carboxylic acids is 2. The van der Waals surface area contributed by atoms with Gasteiger partial charge in [-0.2, -0.15) is 0 Å². The highest BCUT2D eigenvalue weighted by Gasteiger charge is 2.36. The van der Waals surface area contributed by atoms with E-state index in [4.69, 9.17) is 14.2 Å². The van der Waals surface area contributed by atoms with E-state index in [2.05, 4.69) is 6.58 Å². The Morgan fingerprint density at radius 2 is 1.70 bits per heavy atom. The second-order valence-electron chi connectivity index (χ2n) is 10.4. The smallest absolute Gasteiger partial charge is 0.410 e. The molecule has 0 atom stereocenters. The zero-order valence-corrected chi connectivity index (χ0v) is 20.7. The van der Waals surface area contributed by atoms with Crippen molar-refractivity contribution < 1.29 is 28.9 Å². The summed E-state index contributed by atoms with van der Waals surface area (Å²) in [6, 6.07) is 5.44. The molecule has 1 N–H and O–H groups in total. The molecule has 1 aliphatic heterocycles. The van der Waals surface area contributed by atoms with Crippen molar-refractivity contribution in [2.45, 2.75) is 65.9 Å². The number of carbonyl (C=O) groups is 2. The predicted octanol–water partition coefficient (Wildman–Crippen LogP) is 4.35. The van der Waals surface area contributed by atoms with Gasteiger partial charge in [-0.05, 0) is 64.8 Å². The standard InChI is InChI=1S/C25H38N2O6/c1-8-9-31-21-11-18(10-19(12-21)17-28)13-26(22(29)32-24(2,3)4)14-20-15-27(16-20)23(30)33-25(5,6)7/h8,10-12,20,28H,1,9,13-17H2,2-7H3. The molecule has 184 valence electrons. The topological polar surface area (TPSA) is 88.5 Å². The number of aliphatic hydroxyl groups excluding tert-OH is 1. The summed E-state index contributed by atoms with van der Waals surface area (Å²) in [5, 5.41) is 9.63. The second-order valence-corrected chi connectivity index (χ2v) is 10.4. The van der Waals surface area contributed by atoms with Gasteiger partial charge in [-0.15, -0.1) is 0 Å². The molecule has 8 nitrogen and oxygen atoms in total. The molecule has 0 aromatic heterocycles. The van der Waals surface area contributed by atoms with Gasteiger partial charge in [-0.25, -0.2) is 9.59 Å². The molecule has 2 rings (SSSR count). The lowest BCUT2D eigenvalue weighted by Gasteiger charge is -2.42. The van der Waals surface area contributed by atoms with E-state index in [0.717, 1.165) is 5.56 Å². The van der Waals surface area contributed by atoms with Crippen LogP contribution in [-0.2, 0) is 22.6 Å². The number of amides is 2. The number of benzene rings is 1. The second kappa shape index (κ2) is 10.9. The van der Waals surface area contributed by atoms with Crippen LogP contribution in [0.5, 0.6) is 5.75 Å². The van der Waals surface area contributed by atoms with Crippen LogP contribution in [0, 0.1) is 5.92 Å². The van der Waals surface area contributed by atoms with Crippen molar-refractivity contribution in [3.8, 4) is 5.75 Å². The van der Waals surface area contributed by atoms with Gasteiger partial charge in [0.25, 0.3) is 0 Å². The van der Waals surface area contributed by atoms with E-state index < -0.39 is 17.3 Å². The summed E-state index contributed by atoms with van der Waals surface area (Å²) >= 11 is 0. The van der Waals surface area contributed by atoms with Crippen molar-refractivity contribution in [2.24, 2.45) is 5.92 Å². The maximum Gasteiger partial charge on any atom is 0.410 e. The lowest BCUT2D eigenvalue weighted by atomic mass is 10.00. The Kier molecular flexibility index (Phi) is 8.77. The first-order valence-electron chi connectivity index (χ1n) is 11.2. The molecular formula is C25H38N2O6. The minimum absolute atomic E-state index is 0.113. The molecule has 1 saturated heterocycles. The quantitative estimate of drug-likeness (QED) is 0.578. The summed E-state index contributed by atoms with van der Waals surface area (Å²) < 4.78 is 16.7. The Morgan fingerprint density at radius 1 is 1.09 bits per heavy atom. The first kappa shape index (κ1) is 26.5. The Labute approximate surface area is 197 Å². The number of rotatable bonds is 8. The van der Waals surface area contributed by atoms with E-state index in [1.54, 1.807) is 21.9 Å². The number of hydrogen-bond donors (Lipinski definition) is 1. The first-order chi connectivity index (χ1) is 15.3. The van der Waals surface area contributed by atoms with E-state index in [1.165, 1.54) is 0 Å². The molecule has 1 fully saturated rings. The fraction of sp³-hybridized carbons (Fsp3) is 0.600. The zero-order valence-electron chi connectivity index (χ0n) is 20.7. The lowest BCUT2D eigenvalue weighted by molar-refractivity contribution is -0.0123. The molecule has 0 radical (unpaired) electrons. The third-order valence-electron chi connectivity index (χ3n) is 4.69. The Morgan fingerprint density at radius 3 is 2.24 bits per heavy atom. The van der Waals surface area contributed by atoms with Crippen LogP contribution in [0.3, 0.4) is 0 Å². The normalized spacial score (nSPS) is 14.3. The van der Waals surface area contributed by atoms with Crippen LogP contribution < -0.4 is 4.74 Å². The van der Waals surface area contributed by atoms with Gasteiger partial charge in [-0.3, -0.25) is 0 Å². The molecule has 8 heteroatoms. The molecule has 1 heterocycles. The molecular weight excluding hydrogens is 424 g/mol. The van der Waals surface area contributed by atoms with Gasteiger partial charge >= 0.3 is 12.2 Å². The highest BCUT2D eigenvalue weighted by molar-refractivity contribution is 5.70. The van der Waals surface area contributed by atoms with Crippen LogP contribution >= 0.6 is 0 Å². The van der Waals surface area contributed by atoms with Gasteiger partial charge < -0.3 is 29.1 Å². The van der Waals surface area contributed by atoms with Crippen LogP contribution in [0.25, 0.3) is 0 Å². The molecule has 0 aliphatic carbocycles. The van der Waals surface area contributed by atoms with Crippen LogP contribution in [0.1, 0.15) is 52.7 Å². The fourth-order valence-electron chi connectivity index (χ4n) is 3.37. The summed E-state index contributed by atoms with van der Waals surface area (Å²) in [5.41, 5.74) is 0.321. The Bertz CT molecular complexity index is 834.